The molecule has 1 aliphatic rings. The molecule has 6 heteroatoms. The van der Waals surface area contributed by atoms with Crippen LogP contribution in [0.5, 0.6) is 23.0 Å². The van der Waals surface area contributed by atoms with Gasteiger partial charge in [-0.15, -0.1) is 0 Å². The average Bonchev–Trinajstić information content (AvgIpc) is 2.88. The van der Waals surface area contributed by atoms with E-state index < -0.39 is 17.7 Å². The fourth-order valence-corrected chi connectivity index (χ4v) is 2.29. The highest BCUT2D eigenvalue weighted by Gasteiger charge is 2.32. The van der Waals surface area contributed by atoms with Gasteiger partial charge in [-0.2, -0.15) is 0 Å². The quantitative estimate of drug-likeness (QED) is 0.471. The molecule has 0 spiro atoms. The number of hydrogen-bond acceptors (Lipinski definition) is 6. The van der Waals surface area contributed by atoms with E-state index in [9.17, 15) is 9.59 Å². The van der Waals surface area contributed by atoms with Crippen LogP contribution in [0.1, 0.15) is 31.1 Å². The van der Waals surface area contributed by atoms with Crippen LogP contribution in [0, 0.1) is 0 Å². The Morgan fingerprint density at radius 3 is 2.19 bits per heavy atom. The summed E-state index contributed by atoms with van der Waals surface area (Å²) >= 11 is 0. The zero-order valence-electron chi connectivity index (χ0n) is 14.7. The largest absolute Gasteiger partial charge is 0.449 e. The van der Waals surface area contributed by atoms with Crippen molar-refractivity contribution < 1.29 is 28.5 Å². The zero-order chi connectivity index (χ0) is 18.9. The molecule has 0 aromatic heterocycles. The van der Waals surface area contributed by atoms with Crippen LogP contribution in [0.2, 0.25) is 0 Å². The van der Waals surface area contributed by atoms with Crippen LogP contribution in [-0.2, 0) is 4.79 Å². The van der Waals surface area contributed by atoms with Gasteiger partial charge in [0.15, 0.2) is 11.5 Å². The minimum Gasteiger partial charge on any atom is -0.449 e. The van der Waals surface area contributed by atoms with E-state index in [2.05, 4.69) is 6.58 Å². The Morgan fingerprint density at radius 2 is 1.54 bits per heavy atom. The van der Waals surface area contributed by atoms with Crippen molar-refractivity contribution in [2.24, 2.45) is 0 Å². The molecule has 1 aliphatic heterocycles. The van der Waals surface area contributed by atoms with Crippen molar-refractivity contribution in [2.75, 3.05) is 0 Å². The van der Waals surface area contributed by atoms with Gasteiger partial charge in [-0.3, -0.25) is 0 Å². The van der Waals surface area contributed by atoms with Crippen LogP contribution in [0.15, 0.2) is 54.6 Å². The monoisotopic (exact) mass is 354 g/mol. The Hall–Kier alpha value is -3.28. The van der Waals surface area contributed by atoms with Gasteiger partial charge >= 0.3 is 11.9 Å². The first-order chi connectivity index (χ1) is 12.2. The molecule has 1 heterocycles. The standard InChI is InChI=1S/C20H18O6/c1-12(2)18(21)23-14-7-5-13(6-8-14)19(22)24-15-9-10-16-17(11-15)26-20(3,4)25-16/h5-11H,1H2,2-4H3. The summed E-state index contributed by atoms with van der Waals surface area (Å²) in [6.45, 7) is 8.65. The summed E-state index contributed by atoms with van der Waals surface area (Å²) in [5.41, 5.74) is 0.609. The Balaban J connectivity index is 1.67. The fraction of sp³-hybridized carbons (Fsp3) is 0.200. The molecule has 0 saturated heterocycles. The molecule has 2 aromatic carbocycles. The van der Waals surface area contributed by atoms with E-state index in [4.69, 9.17) is 18.9 Å². The Bertz CT molecular complexity index is 880. The molecule has 0 N–H and O–H groups in total. The maximum absolute atomic E-state index is 12.3. The minimum atomic E-state index is -0.748. The zero-order valence-corrected chi connectivity index (χ0v) is 14.7. The lowest BCUT2D eigenvalue weighted by atomic mass is 10.2. The first-order valence-electron chi connectivity index (χ1n) is 7.95. The van der Waals surface area contributed by atoms with E-state index in [0.29, 0.717) is 34.1 Å². The number of benzene rings is 2. The molecule has 0 atom stereocenters. The third-order valence-corrected chi connectivity index (χ3v) is 3.49. The fourth-order valence-electron chi connectivity index (χ4n) is 2.29. The summed E-state index contributed by atoms with van der Waals surface area (Å²) in [4.78, 5) is 23.7. The lowest BCUT2D eigenvalue weighted by Gasteiger charge is -2.16. The molecule has 6 nitrogen and oxygen atoms in total. The topological polar surface area (TPSA) is 71.1 Å². The highest BCUT2D eigenvalue weighted by atomic mass is 16.7. The minimum absolute atomic E-state index is 0.291. The van der Waals surface area contributed by atoms with Gasteiger partial charge in [0.25, 0.3) is 0 Å². The van der Waals surface area contributed by atoms with Crippen molar-refractivity contribution >= 4 is 11.9 Å². The van der Waals surface area contributed by atoms with Gasteiger partial charge in [0, 0.05) is 25.5 Å². The van der Waals surface area contributed by atoms with Crippen molar-refractivity contribution in [2.45, 2.75) is 26.6 Å². The van der Waals surface area contributed by atoms with Gasteiger partial charge in [0.1, 0.15) is 11.5 Å². The van der Waals surface area contributed by atoms with Crippen molar-refractivity contribution in [3.63, 3.8) is 0 Å². The van der Waals surface area contributed by atoms with Crippen LogP contribution < -0.4 is 18.9 Å². The summed E-state index contributed by atoms with van der Waals surface area (Å²) < 4.78 is 21.6. The predicted octanol–water partition coefficient (Wildman–Crippen LogP) is 3.89. The predicted molar refractivity (Wildman–Crippen MR) is 93.6 cm³/mol. The third kappa shape index (κ3) is 3.85. The highest BCUT2D eigenvalue weighted by molar-refractivity contribution is 5.92. The van der Waals surface area contributed by atoms with Crippen molar-refractivity contribution in [1.82, 2.24) is 0 Å². The molecule has 26 heavy (non-hydrogen) atoms. The number of carbonyl (C=O) groups is 2. The number of fused-ring (bicyclic) bond motifs is 1. The molecule has 0 saturated carbocycles. The number of ether oxygens (including phenoxy) is 4. The normalized spacial score (nSPS) is 13.8. The summed E-state index contributed by atoms with van der Waals surface area (Å²) in [7, 11) is 0. The molecule has 2 aromatic rings. The van der Waals surface area contributed by atoms with Crippen LogP contribution in [-0.4, -0.2) is 17.7 Å². The molecule has 0 bridgehead atoms. The first kappa shape index (κ1) is 17.5. The highest BCUT2D eigenvalue weighted by Crippen LogP contribution is 2.41. The first-order valence-corrected chi connectivity index (χ1v) is 7.95. The van der Waals surface area contributed by atoms with Gasteiger partial charge in [-0.1, -0.05) is 6.58 Å². The van der Waals surface area contributed by atoms with Crippen molar-refractivity contribution in [3.05, 3.63) is 60.2 Å². The van der Waals surface area contributed by atoms with Crippen LogP contribution >= 0.6 is 0 Å². The number of hydrogen-bond donors (Lipinski definition) is 0. The van der Waals surface area contributed by atoms with Gasteiger partial charge in [-0.05, 0) is 43.3 Å². The van der Waals surface area contributed by atoms with Crippen LogP contribution in [0.3, 0.4) is 0 Å². The SMILES string of the molecule is C=C(C)C(=O)Oc1ccc(C(=O)Oc2ccc3c(c2)OC(C)(C)O3)cc1. The second-order valence-electron chi connectivity index (χ2n) is 6.30. The lowest BCUT2D eigenvalue weighted by molar-refractivity contribution is -0.130. The van der Waals surface area contributed by atoms with Gasteiger partial charge in [0.2, 0.25) is 5.79 Å². The molecular weight excluding hydrogens is 336 g/mol. The van der Waals surface area contributed by atoms with Gasteiger partial charge < -0.3 is 18.9 Å². The molecular formula is C20H18O6. The number of esters is 2. The summed E-state index contributed by atoms with van der Waals surface area (Å²) in [5, 5.41) is 0. The Labute approximate surface area is 150 Å². The lowest BCUT2D eigenvalue weighted by Crippen LogP contribution is -2.29. The summed E-state index contributed by atoms with van der Waals surface area (Å²) in [5.74, 6) is -0.0415. The number of carbonyl (C=O) groups excluding carboxylic acids is 2. The molecule has 0 amide bonds. The van der Waals surface area contributed by atoms with E-state index in [1.165, 1.54) is 24.3 Å². The molecule has 0 fully saturated rings. The van der Waals surface area contributed by atoms with E-state index in [-0.39, 0.29) is 0 Å². The van der Waals surface area contributed by atoms with Gasteiger partial charge in [0.05, 0.1) is 5.56 Å². The van der Waals surface area contributed by atoms with E-state index in [0.717, 1.165) is 0 Å². The van der Waals surface area contributed by atoms with Crippen molar-refractivity contribution in [3.8, 4) is 23.0 Å². The Kier molecular flexibility index (Phi) is 4.42. The maximum Gasteiger partial charge on any atom is 0.343 e. The van der Waals surface area contributed by atoms with Crippen LogP contribution in [0.25, 0.3) is 0 Å². The third-order valence-electron chi connectivity index (χ3n) is 3.49. The summed E-state index contributed by atoms with van der Waals surface area (Å²) in [6, 6.07) is 11.0. The second kappa shape index (κ2) is 6.55. The molecule has 0 aliphatic carbocycles. The van der Waals surface area contributed by atoms with Crippen LogP contribution in [0.4, 0.5) is 0 Å². The Morgan fingerprint density at radius 1 is 0.923 bits per heavy atom. The smallest absolute Gasteiger partial charge is 0.343 e. The molecule has 0 radical (unpaired) electrons. The average molecular weight is 354 g/mol. The molecule has 3 rings (SSSR count). The van der Waals surface area contributed by atoms with E-state index >= 15 is 0 Å². The van der Waals surface area contributed by atoms with Gasteiger partial charge in [-0.25, -0.2) is 9.59 Å². The maximum atomic E-state index is 12.3. The second-order valence-corrected chi connectivity index (χ2v) is 6.30. The van der Waals surface area contributed by atoms with Crippen molar-refractivity contribution in [1.29, 1.82) is 0 Å². The molecule has 134 valence electrons. The summed E-state index contributed by atoms with van der Waals surface area (Å²) in [6.07, 6.45) is 0. The molecule has 0 unspecified atom stereocenters. The van der Waals surface area contributed by atoms with E-state index in [1.54, 1.807) is 39.0 Å². The number of rotatable bonds is 4. The van der Waals surface area contributed by atoms with E-state index in [1.807, 2.05) is 0 Å².